The summed E-state index contributed by atoms with van der Waals surface area (Å²) in [7, 11) is 0. The average molecular weight is 287 g/mol. The summed E-state index contributed by atoms with van der Waals surface area (Å²) in [6.07, 6.45) is 6.78. The van der Waals surface area contributed by atoms with E-state index in [2.05, 4.69) is 23.7 Å². The van der Waals surface area contributed by atoms with Gasteiger partial charge in [0.25, 0.3) is 0 Å². The number of rotatable bonds is 4. The number of aromatic nitrogens is 2. The lowest BCUT2D eigenvalue weighted by Gasteiger charge is -2.27. The molecule has 0 aliphatic carbocycles. The number of imidazole rings is 1. The Morgan fingerprint density at radius 2 is 2.29 bits per heavy atom. The van der Waals surface area contributed by atoms with Crippen LogP contribution in [0.5, 0.6) is 0 Å². The SMILES string of the molecule is CC(C)N1CCCC1Cc1ncc2ccc(C(=O)O)cn12. The maximum atomic E-state index is 11.1. The van der Waals surface area contributed by atoms with E-state index in [1.165, 1.54) is 12.8 Å². The standard InChI is InChI=1S/C16H21N3O2/c1-11(2)18-7-3-4-13(18)8-15-17-9-14-6-5-12(16(20)21)10-19(14)15/h5-6,9-11,13H,3-4,7-8H2,1-2H3,(H,20,21). The summed E-state index contributed by atoms with van der Waals surface area (Å²) in [6, 6.07) is 4.48. The number of hydrogen-bond donors (Lipinski definition) is 1. The molecule has 1 saturated heterocycles. The number of pyridine rings is 1. The molecule has 2 aromatic heterocycles. The number of nitrogens with zero attached hydrogens (tertiary/aromatic N) is 3. The molecule has 0 aromatic carbocycles. The van der Waals surface area contributed by atoms with E-state index in [1.807, 2.05) is 16.7 Å². The van der Waals surface area contributed by atoms with Gasteiger partial charge in [0, 0.05) is 24.7 Å². The van der Waals surface area contributed by atoms with Gasteiger partial charge in [-0.25, -0.2) is 9.78 Å². The van der Waals surface area contributed by atoms with Crippen LogP contribution in [-0.2, 0) is 6.42 Å². The number of hydrogen-bond acceptors (Lipinski definition) is 3. The van der Waals surface area contributed by atoms with Crippen molar-refractivity contribution in [3.63, 3.8) is 0 Å². The first-order valence-electron chi connectivity index (χ1n) is 7.51. The maximum absolute atomic E-state index is 11.1. The van der Waals surface area contributed by atoms with Crippen LogP contribution in [0.15, 0.2) is 24.5 Å². The van der Waals surface area contributed by atoms with Gasteiger partial charge in [-0.2, -0.15) is 0 Å². The Morgan fingerprint density at radius 3 is 3.00 bits per heavy atom. The number of carboxylic acid groups (broad SMARTS) is 1. The summed E-state index contributed by atoms with van der Waals surface area (Å²) in [4.78, 5) is 18.1. The topological polar surface area (TPSA) is 57.8 Å². The van der Waals surface area contributed by atoms with E-state index in [4.69, 9.17) is 5.11 Å². The third-order valence-electron chi connectivity index (χ3n) is 4.36. The van der Waals surface area contributed by atoms with Crippen LogP contribution in [0.2, 0.25) is 0 Å². The van der Waals surface area contributed by atoms with Crippen molar-refractivity contribution in [3.05, 3.63) is 35.9 Å². The van der Waals surface area contributed by atoms with Crippen LogP contribution in [0, 0.1) is 0 Å². The second kappa shape index (κ2) is 5.48. The molecule has 1 aliphatic rings. The van der Waals surface area contributed by atoms with E-state index in [0.29, 0.717) is 17.6 Å². The largest absolute Gasteiger partial charge is 0.478 e. The van der Waals surface area contributed by atoms with Crippen LogP contribution >= 0.6 is 0 Å². The minimum Gasteiger partial charge on any atom is -0.478 e. The Balaban J connectivity index is 1.90. The summed E-state index contributed by atoms with van der Waals surface area (Å²) in [6.45, 7) is 5.60. The Bertz CT molecular complexity index is 663. The van der Waals surface area contributed by atoms with Crippen LogP contribution in [-0.4, -0.2) is 44.0 Å². The number of carboxylic acids is 1. The number of likely N-dealkylation sites (tertiary alicyclic amines) is 1. The number of fused-ring (bicyclic) bond motifs is 1. The third kappa shape index (κ3) is 2.65. The minimum atomic E-state index is -0.902. The molecule has 3 rings (SSSR count). The van der Waals surface area contributed by atoms with Gasteiger partial charge in [-0.05, 0) is 45.4 Å². The predicted octanol–water partition coefficient (Wildman–Crippen LogP) is 2.45. The van der Waals surface area contributed by atoms with Gasteiger partial charge in [0.2, 0.25) is 0 Å². The van der Waals surface area contributed by atoms with Crippen molar-refractivity contribution in [1.29, 1.82) is 0 Å². The third-order valence-corrected chi connectivity index (χ3v) is 4.36. The van der Waals surface area contributed by atoms with E-state index < -0.39 is 5.97 Å². The van der Waals surface area contributed by atoms with Crippen molar-refractivity contribution < 1.29 is 9.90 Å². The number of carbonyl (C=O) groups is 1. The van der Waals surface area contributed by atoms with E-state index in [-0.39, 0.29) is 0 Å². The second-order valence-electron chi connectivity index (χ2n) is 6.02. The molecule has 0 bridgehead atoms. The molecule has 0 spiro atoms. The van der Waals surface area contributed by atoms with Crippen molar-refractivity contribution in [2.45, 2.75) is 45.2 Å². The van der Waals surface area contributed by atoms with Crippen molar-refractivity contribution in [2.24, 2.45) is 0 Å². The lowest BCUT2D eigenvalue weighted by atomic mass is 10.1. The smallest absolute Gasteiger partial charge is 0.337 e. The fourth-order valence-corrected chi connectivity index (χ4v) is 3.29. The molecular formula is C16H21N3O2. The molecule has 1 fully saturated rings. The molecule has 1 unspecified atom stereocenters. The molecule has 1 N–H and O–H groups in total. The molecular weight excluding hydrogens is 266 g/mol. The molecule has 1 aliphatic heterocycles. The zero-order valence-electron chi connectivity index (χ0n) is 12.5. The maximum Gasteiger partial charge on any atom is 0.337 e. The van der Waals surface area contributed by atoms with Gasteiger partial charge >= 0.3 is 5.97 Å². The Kier molecular flexibility index (Phi) is 3.68. The highest BCUT2D eigenvalue weighted by molar-refractivity contribution is 5.87. The van der Waals surface area contributed by atoms with E-state index >= 15 is 0 Å². The van der Waals surface area contributed by atoms with E-state index in [0.717, 1.165) is 24.3 Å². The van der Waals surface area contributed by atoms with Crippen molar-refractivity contribution in [1.82, 2.24) is 14.3 Å². The molecule has 0 radical (unpaired) electrons. The highest BCUT2D eigenvalue weighted by Gasteiger charge is 2.27. The molecule has 2 aromatic rings. The fourth-order valence-electron chi connectivity index (χ4n) is 3.29. The Hall–Kier alpha value is -1.88. The first kappa shape index (κ1) is 14.1. The van der Waals surface area contributed by atoms with Crippen LogP contribution < -0.4 is 0 Å². The summed E-state index contributed by atoms with van der Waals surface area (Å²) < 4.78 is 1.92. The summed E-state index contributed by atoms with van der Waals surface area (Å²) in [5.74, 6) is 0.0480. The van der Waals surface area contributed by atoms with E-state index in [1.54, 1.807) is 12.3 Å². The minimum absolute atomic E-state index is 0.300. The normalized spacial score (nSPS) is 19.7. The summed E-state index contributed by atoms with van der Waals surface area (Å²) in [5.41, 5.74) is 1.25. The Morgan fingerprint density at radius 1 is 1.48 bits per heavy atom. The number of aromatic carboxylic acids is 1. The zero-order chi connectivity index (χ0) is 15.0. The molecule has 1 atom stereocenters. The van der Waals surface area contributed by atoms with Gasteiger partial charge in [-0.1, -0.05) is 0 Å². The van der Waals surface area contributed by atoms with Crippen molar-refractivity contribution >= 4 is 11.5 Å². The zero-order valence-corrected chi connectivity index (χ0v) is 12.5. The van der Waals surface area contributed by atoms with Gasteiger partial charge in [0.1, 0.15) is 5.82 Å². The molecule has 0 amide bonds. The van der Waals surface area contributed by atoms with Gasteiger partial charge < -0.3 is 9.51 Å². The molecule has 5 nitrogen and oxygen atoms in total. The fraction of sp³-hybridized carbons (Fsp3) is 0.500. The van der Waals surface area contributed by atoms with Crippen molar-refractivity contribution in [2.75, 3.05) is 6.54 Å². The monoisotopic (exact) mass is 287 g/mol. The van der Waals surface area contributed by atoms with Gasteiger partial charge in [0.15, 0.2) is 0 Å². The molecule has 3 heterocycles. The predicted molar refractivity (Wildman–Crippen MR) is 80.7 cm³/mol. The molecule has 0 saturated carbocycles. The van der Waals surface area contributed by atoms with Gasteiger partial charge in [-0.3, -0.25) is 4.90 Å². The summed E-state index contributed by atoms with van der Waals surface area (Å²) in [5, 5.41) is 9.13. The molecule has 112 valence electrons. The lowest BCUT2D eigenvalue weighted by Crippen LogP contribution is -2.37. The highest BCUT2D eigenvalue weighted by Crippen LogP contribution is 2.23. The highest BCUT2D eigenvalue weighted by atomic mass is 16.4. The van der Waals surface area contributed by atoms with Crippen LogP contribution in [0.4, 0.5) is 0 Å². The van der Waals surface area contributed by atoms with Gasteiger partial charge in [0.05, 0.1) is 17.3 Å². The first-order valence-corrected chi connectivity index (χ1v) is 7.51. The van der Waals surface area contributed by atoms with Crippen LogP contribution in [0.3, 0.4) is 0 Å². The van der Waals surface area contributed by atoms with E-state index in [9.17, 15) is 4.79 Å². The quantitative estimate of drug-likeness (QED) is 0.938. The second-order valence-corrected chi connectivity index (χ2v) is 6.02. The summed E-state index contributed by atoms with van der Waals surface area (Å²) >= 11 is 0. The Labute approximate surface area is 124 Å². The van der Waals surface area contributed by atoms with Gasteiger partial charge in [-0.15, -0.1) is 0 Å². The molecule has 21 heavy (non-hydrogen) atoms. The molecule has 5 heteroatoms. The lowest BCUT2D eigenvalue weighted by molar-refractivity contribution is 0.0696. The van der Waals surface area contributed by atoms with Crippen molar-refractivity contribution in [3.8, 4) is 0 Å². The average Bonchev–Trinajstić information content (AvgIpc) is 3.06. The van der Waals surface area contributed by atoms with Crippen LogP contribution in [0.25, 0.3) is 5.52 Å². The first-order chi connectivity index (χ1) is 10.1. The van der Waals surface area contributed by atoms with Crippen LogP contribution in [0.1, 0.15) is 42.9 Å².